The minimum absolute atomic E-state index is 0.129. The number of rotatable bonds is 8. The molecule has 2 aliphatic rings. The molecule has 0 unspecified atom stereocenters. The number of amides is 1. The fourth-order valence-electron chi connectivity index (χ4n) is 6.11. The number of likely N-dealkylation sites (tertiary alicyclic amines) is 2. The van der Waals surface area contributed by atoms with Crippen molar-refractivity contribution in [2.45, 2.75) is 57.7 Å². The van der Waals surface area contributed by atoms with Crippen LogP contribution in [0.25, 0.3) is 16.9 Å². The molecule has 6 rings (SSSR count). The third-order valence-electron chi connectivity index (χ3n) is 8.62. The van der Waals surface area contributed by atoms with E-state index in [1.807, 2.05) is 30.3 Å². The highest BCUT2D eigenvalue weighted by Gasteiger charge is 2.37. The SMILES string of the molecule is CC(C)(/C=C(/C#N)C(=O)N1CC[C@H]1Cn1c(=O)n(-c2ccc(Oc3ccccc3)cc2)c2c(N)ncnc21)N1CCCCC1. The van der Waals surface area contributed by atoms with Gasteiger partial charge in [0.15, 0.2) is 11.5 Å². The molecular formula is C33H36N8O3. The number of nitrogen functional groups attached to an aromatic ring is 1. The summed E-state index contributed by atoms with van der Waals surface area (Å²) in [5.74, 6) is 1.19. The van der Waals surface area contributed by atoms with Gasteiger partial charge in [0.05, 0.1) is 11.7 Å². The summed E-state index contributed by atoms with van der Waals surface area (Å²) >= 11 is 0. The van der Waals surface area contributed by atoms with E-state index < -0.39 is 5.54 Å². The van der Waals surface area contributed by atoms with Gasteiger partial charge in [0.1, 0.15) is 35.0 Å². The lowest BCUT2D eigenvalue weighted by molar-refractivity contribution is -0.134. The summed E-state index contributed by atoms with van der Waals surface area (Å²) in [4.78, 5) is 40.1. The Balaban J connectivity index is 1.26. The minimum Gasteiger partial charge on any atom is -0.457 e. The summed E-state index contributed by atoms with van der Waals surface area (Å²) in [7, 11) is 0. The van der Waals surface area contributed by atoms with Gasteiger partial charge in [-0.15, -0.1) is 0 Å². The monoisotopic (exact) mass is 592 g/mol. The molecule has 2 fully saturated rings. The van der Waals surface area contributed by atoms with Crippen molar-refractivity contribution in [2.75, 3.05) is 25.4 Å². The van der Waals surface area contributed by atoms with Crippen LogP contribution in [0.5, 0.6) is 11.5 Å². The Morgan fingerprint density at radius 1 is 1.05 bits per heavy atom. The predicted molar refractivity (Wildman–Crippen MR) is 167 cm³/mol. The summed E-state index contributed by atoms with van der Waals surface area (Å²) in [5, 5.41) is 9.97. The molecule has 44 heavy (non-hydrogen) atoms. The molecule has 1 amide bonds. The van der Waals surface area contributed by atoms with Gasteiger partial charge in [-0.05, 0) is 88.7 Å². The van der Waals surface area contributed by atoms with Crippen molar-refractivity contribution in [1.29, 1.82) is 5.26 Å². The number of hydrogen-bond donors (Lipinski definition) is 1. The van der Waals surface area contributed by atoms with E-state index in [2.05, 4.69) is 34.8 Å². The van der Waals surface area contributed by atoms with E-state index >= 15 is 0 Å². The largest absolute Gasteiger partial charge is 0.457 e. The molecule has 2 aromatic carbocycles. The minimum atomic E-state index is -0.415. The quantitative estimate of drug-likeness (QED) is 0.237. The lowest BCUT2D eigenvalue weighted by Crippen LogP contribution is -2.54. The molecule has 2 saturated heterocycles. The van der Waals surface area contributed by atoms with Gasteiger partial charge in [0.25, 0.3) is 5.91 Å². The Labute approximate surface area is 255 Å². The second kappa shape index (κ2) is 12.0. The zero-order valence-corrected chi connectivity index (χ0v) is 25.0. The van der Waals surface area contributed by atoms with Crippen LogP contribution in [-0.2, 0) is 11.3 Å². The van der Waals surface area contributed by atoms with E-state index in [1.54, 1.807) is 39.8 Å². The lowest BCUT2D eigenvalue weighted by atomic mass is 9.94. The van der Waals surface area contributed by atoms with Crippen molar-refractivity contribution in [3.8, 4) is 23.3 Å². The Morgan fingerprint density at radius 3 is 2.41 bits per heavy atom. The molecule has 0 spiro atoms. The summed E-state index contributed by atoms with van der Waals surface area (Å²) in [5.41, 5.74) is 7.01. The zero-order valence-electron chi connectivity index (χ0n) is 25.0. The van der Waals surface area contributed by atoms with Crippen molar-refractivity contribution in [1.82, 2.24) is 28.9 Å². The number of carbonyl (C=O) groups is 1. The van der Waals surface area contributed by atoms with Crippen molar-refractivity contribution < 1.29 is 9.53 Å². The van der Waals surface area contributed by atoms with Gasteiger partial charge in [-0.1, -0.05) is 24.6 Å². The molecule has 1 atom stereocenters. The number of para-hydroxylation sites is 1. The van der Waals surface area contributed by atoms with E-state index in [4.69, 9.17) is 10.5 Å². The Morgan fingerprint density at radius 2 is 1.75 bits per heavy atom. The van der Waals surface area contributed by atoms with Gasteiger partial charge in [-0.25, -0.2) is 14.8 Å². The topological polar surface area (TPSA) is 135 Å². The molecule has 11 heteroatoms. The number of imidazole rings is 1. The number of nitrogens with zero attached hydrogens (tertiary/aromatic N) is 7. The summed E-state index contributed by atoms with van der Waals surface area (Å²) < 4.78 is 8.94. The van der Waals surface area contributed by atoms with Crippen LogP contribution in [-0.4, -0.2) is 66.0 Å². The van der Waals surface area contributed by atoms with E-state index in [0.717, 1.165) is 25.9 Å². The van der Waals surface area contributed by atoms with E-state index in [9.17, 15) is 14.9 Å². The first-order valence-corrected chi connectivity index (χ1v) is 15.0. The van der Waals surface area contributed by atoms with Gasteiger partial charge in [-0.3, -0.25) is 18.8 Å². The molecule has 2 N–H and O–H groups in total. The second-order valence-electron chi connectivity index (χ2n) is 11.9. The zero-order chi connectivity index (χ0) is 30.8. The van der Waals surface area contributed by atoms with Crippen LogP contribution in [0, 0.1) is 11.3 Å². The van der Waals surface area contributed by atoms with Crippen molar-refractivity contribution >= 4 is 22.9 Å². The van der Waals surface area contributed by atoms with Crippen LogP contribution in [0.15, 0.2) is 77.4 Å². The molecule has 4 aromatic rings. The number of benzene rings is 2. The number of ether oxygens (including phenoxy) is 1. The molecule has 0 aliphatic carbocycles. The van der Waals surface area contributed by atoms with Crippen LogP contribution < -0.4 is 16.2 Å². The van der Waals surface area contributed by atoms with E-state index in [-0.39, 0.29) is 35.6 Å². The number of fused-ring (bicyclic) bond motifs is 1. The van der Waals surface area contributed by atoms with Gasteiger partial charge in [0.2, 0.25) is 0 Å². The first-order chi connectivity index (χ1) is 21.3. The smallest absolute Gasteiger partial charge is 0.335 e. The molecule has 226 valence electrons. The lowest BCUT2D eigenvalue weighted by Gasteiger charge is -2.42. The normalized spacial score (nSPS) is 17.7. The average Bonchev–Trinajstić information content (AvgIpc) is 3.31. The van der Waals surface area contributed by atoms with Crippen LogP contribution >= 0.6 is 0 Å². The highest BCUT2D eigenvalue weighted by atomic mass is 16.5. The van der Waals surface area contributed by atoms with Crippen molar-refractivity contribution in [3.63, 3.8) is 0 Å². The van der Waals surface area contributed by atoms with Crippen LogP contribution in [0.3, 0.4) is 0 Å². The fraction of sp³-hybridized carbons (Fsp3) is 0.364. The number of aromatic nitrogens is 4. The number of anilines is 1. The molecule has 2 aliphatic heterocycles. The van der Waals surface area contributed by atoms with Crippen molar-refractivity contribution in [3.05, 3.63) is 83.1 Å². The van der Waals surface area contributed by atoms with Gasteiger partial charge in [-0.2, -0.15) is 5.26 Å². The summed E-state index contributed by atoms with van der Waals surface area (Å²) in [6.45, 7) is 6.73. The number of piperidine rings is 1. The van der Waals surface area contributed by atoms with Gasteiger partial charge >= 0.3 is 5.69 Å². The molecule has 0 saturated carbocycles. The average molecular weight is 593 g/mol. The van der Waals surface area contributed by atoms with Gasteiger partial charge in [0, 0.05) is 18.6 Å². The molecule has 0 radical (unpaired) electrons. The number of hydrogen-bond acceptors (Lipinski definition) is 8. The highest BCUT2D eigenvalue weighted by molar-refractivity contribution is 5.98. The summed E-state index contributed by atoms with van der Waals surface area (Å²) in [6.07, 6.45) is 7.26. The van der Waals surface area contributed by atoms with Gasteiger partial charge < -0.3 is 15.4 Å². The molecule has 0 bridgehead atoms. The maximum atomic E-state index is 13.9. The Bertz CT molecular complexity index is 1800. The first-order valence-electron chi connectivity index (χ1n) is 15.0. The number of nitriles is 1. The molecule has 2 aromatic heterocycles. The standard InChI is InChI=1S/C33H36N8O3/c1-33(2,38-16-7-4-8-17-38)19-23(20-34)31(42)39-18-15-25(39)21-40-30-28(29(35)36-22-37-30)41(32(40)43)24-11-13-27(14-12-24)44-26-9-5-3-6-10-26/h3,5-6,9-14,19,22,25H,4,7-8,15-18,21H2,1-2H3,(H2,35,36,37)/b23-19-/t25-/m0/s1. The molecule has 11 nitrogen and oxygen atoms in total. The van der Waals surface area contributed by atoms with Crippen LogP contribution in [0.1, 0.15) is 39.5 Å². The maximum Gasteiger partial charge on any atom is 0.335 e. The summed E-state index contributed by atoms with van der Waals surface area (Å²) in [6, 6.07) is 18.4. The Kier molecular flexibility index (Phi) is 7.93. The van der Waals surface area contributed by atoms with E-state index in [0.29, 0.717) is 41.3 Å². The van der Waals surface area contributed by atoms with Crippen molar-refractivity contribution in [2.24, 2.45) is 0 Å². The highest BCUT2D eigenvalue weighted by Crippen LogP contribution is 2.28. The maximum absolute atomic E-state index is 13.9. The number of carbonyl (C=O) groups excluding carboxylic acids is 1. The first kappa shape index (κ1) is 29.1. The van der Waals surface area contributed by atoms with Crippen LogP contribution in [0.4, 0.5) is 5.82 Å². The van der Waals surface area contributed by atoms with Crippen LogP contribution in [0.2, 0.25) is 0 Å². The third kappa shape index (κ3) is 5.56. The molecule has 4 heterocycles. The third-order valence-corrected chi connectivity index (χ3v) is 8.62. The Hall–Kier alpha value is -4.95. The fourth-order valence-corrected chi connectivity index (χ4v) is 6.11. The van der Waals surface area contributed by atoms with E-state index in [1.165, 1.54) is 17.3 Å². The number of nitrogens with two attached hydrogens (primary N) is 1. The molecular weight excluding hydrogens is 556 g/mol. The second-order valence-corrected chi connectivity index (χ2v) is 11.9. The predicted octanol–water partition coefficient (Wildman–Crippen LogP) is 4.27.